The summed E-state index contributed by atoms with van der Waals surface area (Å²) in [6.45, 7) is 3.13. The summed E-state index contributed by atoms with van der Waals surface area (Å²) in [4.78, 5) is 0. The van der Waals surface area contributed by atoms with E-state index in [-0.39, 0.29) is 12.4 Å². The van der Waals surface area contributed by atoms with Gasteiger partial charge in [-0.25, -0.2) is 4.39 Å². The van der Waals surface area contributed by atoms with Crippen LogP contribution >= 0.6 is 0 Å². The molecular weight excluding hydrogens is 341 g/mol. The topological polar surface area (TPSA) is 30.5 Å². The molecule has 0 aromatic heterocycles. The van der Waals surface area contributed by atoms with Crippen LogP contribution in [0.4, 0.5) is 10.1 Å². The van der Waals surface area contributed by atoms with Crippen LogP contribution in [-0.4, -0.2) is 7.11 Å². The van der Waals surface area contributed by atoms with Crippen molar-refractivity contribution in [2.75, 3.05) is 12.4 Å². The Bertz CT molecular complexity index is 895. The highest BCUT2D eigenvalue weighted by Crippen LogP contribution is 2.29. The van der Waals surface area contributed by atoms with Gasteiger partial charge >= 0.3 is 0 Å². The first kappa shape index (κ1) is 18.8. The average molecular weight is 365 g/mol. The van der Waals surface area contributed by atoms with Crippen molar-refractivity contribution >= 4 is 5.69 Å². The Morgan fingerprint density at radius 3 is 2.52 bits per heavy atom. The van der Waals surface area contributed by atoms with E-state index in [1.54, 1.807) is 13.2 Å². The third-order valence-corrected chi connectivity index (χ3v) is 4.39. The number of halogens is 1. The van der Waals surface area contributed by atoms with Crippen molar-refractivity contribution in [2.45, 2.75) is 26.5 Å². The van der Waals surface area contributed by atoms with Crippen LogP contribution in [0.15, 0.2) is 66.7 Å². The van der Waals surface area contributed by atoms with E-state index in [1.807, 2.05) is 30.3 Å². The number of hydrogen-bond acceptors (Lipinski definition) is 3. The van der Waals surface area contributed by atoms with Crippen molar-refractivity contribution in [1.82, 2.24) is 0 Å². The van der Waals surface area contributed by atoms with Crippen LogP contribution in [0, 0.1) is 5.82 Å². The summed E-state index contributed by atoms with van der Waals surface area (Å²) >= 11 is 0. The van der Waals surface area contributed by atoms with Crippen molar-refractivity contribution in [2.24, 2.45) is 0 Å². The van der Waals surface area contributed by atoms with Crippen LogP contribution in [0.3, 0.4) is 0 Å². The van der Waals surface area contributed by atoms with Gasteiger partial charge in [0, 0.05) is 12.2 Å². The molecule has 0 aliphatic heterocycles. The lowest BCUT2D eigenvalue weighted by atomic mass is 10.1. The SMILES string of the molecule is CCc1ccccc1NCc1ccc(OCc2cccc(F)c2)c(OC)c1. The molecule has 3 aromatic rings. The molecule has 140 valence electrons. The molecule has 0 saturated carbocycles. The summed E-state index contributed by atoms with van der Waals surface area (Å²) in [6, 6.07) is 20.6. The van der Waals surface area contributed by atoms with Crippen LogP contribution < -0.4 is 14.8 Å². The van der Waals surface area contributed by atoms with Gasteiger partial charge in [-0.15, -0.1) is 0 Å². The molecule has 0 amide bonds. The number of methoxy groups -OCH3 is 1. The first-order chi connectivity index (χ1) is 13.2. The standard InChI is InChI=1S/C23H24FNO2/c1-3-19-8-4-5-10-21(19)25-15-17-11-12-22(23(14-17)26-2)27-16-18-7-6-9-20(24)13-18/h4-14,25H,3,15-16H2,1-2H3. The Balaban J connectivity index is 1.66. The van der Waals surface area contributed by atoms with E-state index in [2.05, 4.69) is 30.4 Å². The third kappa shape index (κ3) is 5.00. The molecule has 0 spiro atoms. The fourth-order valence-corrected chi connectivity index (χ4v) is 2.93. The molecule has 3 nitrogen and oxygen atoms in total. The molecule has 0 fully saturated rings. The fourth-order valence-electron chi connectivity index (χ4n) is 2.93. The summed E-state index contributed by atoms with van der Waals surface area (Å²) in [5.74, 6) is 1.03. The smallest absolute Gasteiger partial charge is 0.161 e. The molecule has 27 heavy (non-hydrogen) atoms. The first-order valence-electron chi connectivity index (χ1n) is 9.05. The summed E-state index contributed by atoms with van der Waals surface area (Å²) in [7, 11) is 1.62. The highest BCUT2D eigenvalue weighted by Gasteiger charge is 2.07. The van der Waals surface area contributed by atoms with Gasteiger partial charge in [0.2, 0.25) is 0 Å². The largest absolute Gasteiger partial charge is 0.493 e. The van der Waals surface area contributed by atoms with Crippen molar-refractivity contribution in [3.05, 3.63) is 89.2 Å². The number of aryl methyl sites for hydroxylation is 1. The molecule has 0 aliphatic rings. The second kappa shape index (κ2) is 9.08. The van der Waals surface area contributed by atoms with Gasteiger partial charge in [0.15, 0.2) is 11.5 Å². The molecule has 3 aromatic carbocycles. The summed E-state index contributed by atoms with van der Waals surface area (Å²) in [5.41, 5.74) is 4.31. The number of nitrogens with one attached hydrogen (secondary N) is 1. The second-order valence-corrected chi connectivity index (χ2v) is 6.27. The highest BCUT2D eigenvalue weighted by atomic mass is 19.1. The van der Waals surface area contributed by atoms with Crippen molar-refractivity contribution in [3.8, 4) is 11.5 Å². The summed E-state index contributed by atoms with van der Waals surface area (Å²) < 4.78 is 24.6. The first-order valence-corrected chi connectivity index (χ1v) is 9.05. The Hall–Kier alpha value is -3.01. The molecular formula is C23H24FNO2. The van der Waals surface area contributed by atoms with E-state index in [0.29, 0.717) is 18.0 Å². The monoisotopic (exact) mass is 365 g/mol. The maximum absolute atomic E-state index is 13.3. The Kier molecular flexibility index (Phi) is 6.31. The van der Waals surface area contributed by atoms with E-state index in [9.17, 15) is 4.39 Å². The summed E-state index contributed by atoms with van der Waals surface area (Å²) in [6.07, 6.45) is 0.985. The Morgan fingerprint density at radius 2 is 1.74 bits per heavy atom. The molecule has 0 bridgehead atoms. The summed E-state index contributed by atoms with van der Waals surface area (Å²) in [5, 5.41) is 3.48. The fraction of sp³-hybridized carbons (Fsp3) is 0.217. The van der Waals surface area contributed by atoms with E-state index in [1.165, 1.54) is 17.7 Å². The van der Waals surface area contributed by atoms with Gasteiger partial charge in [-0.1, -0.05) is 43.3 Å². The molecule has 0 radical (unpaired) electrons. The maximum Gasteiger partial charge on any atom is 0.161 e. The zero-order chi connectivity index (χ0) is 19.1. The van der Waals surface area contributed by atoms with Gasteiger partial charge in [0.25, 0.3) is 0 Å². The lowest BCUT2D eigenvalue weighted by Gasteiger charge is -2.14. The quantitative estimate of drug-likeness (QED) is 0.565. The van der Waals surface area contributed by atoms with Gasteiger partial charge in [-0.3, -0.25) is 0 Å². The zero-order valence-corrected chi connectivity index (χ0v) is 15.7. The minimum Gasteiger partial charge on any atom is -0.493 e. The van der Waals surface area contributed by atoms with E-state index in [4.69, 9.17) is 9.47 Å². The molecule has 0 atom stereocenters. The van der Waals surface area contributed by atoms with Crippen molar-refractivity contribution < 1.29 is 13.9 Å². The number of hydrogen-bond donors (Lipinski definition) is 1. The van der Waals surface area contributed by atoms with Crippen LogP contribution in [0.25, 0.3) is 0 Å². The third-order valence-electron chi connectivity index (χ3n) is 4.39. The van der Waals surface area contributed by atoms with Gasteiger partial charge in [0.05, 0.1) is 7.11 Å². The van der Waals surface area contributed by atoms with Crippen molar-refractivity contribution in [1.29, 1.82) is 0 Å². The predicted octanol–water partition coefficient (Wildman–Crippen LogP) is 5.59. The molecule has 0 unspecified atom stereocenters. The van der Waals surface area contributed by atoms with Gasteiger partial charge < -0.3 is 14.8 Å². The Morgan fingerprint density at radius 1 is 0.889 bits per heavy atom. The number of rotatable bonds is 8. The van der Waals surface area contributed by atoms with E-state index < -0.39 is 0 Å². The molecule has 3 rings (SSSR count). The minimum absolute atomic E-state index is 0.267. The molecule has 4 heteroatoms. The molecule has 0 saturated heterocycles. The van der Waals surface area contributed by atoms with Crippen LogP contribution in [0.5, 0.6) is 11.5 Å². The van der Waals surface area contributed by atoms with Gasteiger partial charge in [-0.2, -0.15) is 0 Å². The Labute approximate surface area is 159 Å². The molecule has 1 N–H and O–H groups in total. The number of ether oxygens (including phenoxy) is 2. The van der Waals surface area contributed by atoms with Gasteiger partial charge in [-0.05, 0) is 53.4 Å². The number of benzene rings is 3. The van der Waals surface area contributed by atoms with Crippen LogP contribution in [0.1, 0.15) is 23.6 Å². The van der Waals surface area contributed by atoms with E-state index in [0.717, 1.165) is 23.2 Å². The van der Waals surface area contributed by atoms with Crippen LogP contribution in [0.2, 0.25) is 0 Å². The molecule has 0 aliphatic carbocycles. The van der Waals surface area contributed by atoms with E-state index >= 15 is 0 Å². The highest BCUT2D eigenvalue weighted by molar-refractivity contribution is 5.52. The number of anilines is 1. The van der Waals surface area contributed by atoms with Crippen molar-refractivity contribution in [3.63, 3.8) is 0 Å². The minimum atomic E-state index is -0.267. The predicted molar refractivity (Wildman–Crippen MR) is 107 cm³/mol. The van der Waals surface area contributed by atoms with Crippen LogP contribution in [-0.2, 0) is 19.6 Å². The second-order valence-electron chi connectivity index (χ2n) is 6.27. The molecule has 0 heterocycles. The van der Waals surface area contributed by atoms with Gasteiger partial charge in [0.1, 0.15) is 12.4 Å². The average Bonchev–Trinajstić information content (AvgIpc) is 2.71. The number of para-hydroxylation sites is 1. The lowest BCUT2D eigenvalue weighted by Crippen LogP contribution is -2.03. The normalized spacial score (nSPS) is 10.5. The zero-order valence-electron chi connectivity index (χ0n) is 15.7. The maximum atomic E-state index is 13.3. The lowest BCUT2D eigenvalue weighted by molar-refractivity contribution is 0.284.